The predicted molar refractivity (Wildman–Crippen MR) is 55.5 cm³/mol. The van der Waals surface area contributed by atoms with Crippen LogP contribution in [-0.4, -0.2) is 42.5 Å². The average Bonchev–Trinajstić information content (AvgIpc) is 2.60. The molecule has 0 spiro atoms. The number of likely N-dealkylation sites (tertiary alicyclic amines) is 1. The van der Waals surface area contributed by atoms with Gasteiger partial charge >= 0.3 is 0 Å². The highest BCUT2D eigenvalue weighted by Gasteiger charge is 2.27. The van der Waals surface area contributed by atoms with Crippen LogP contribution in [0, 0.1) is 12.3 Å². The van der Waals surface area contributed by atoms with E-state index in [2.05, 4.69) is 16.1 Å². The van der Waals surface area contributed by atoms with Crippen LogP contribution in [0.3, 0.4) is 0 Å². The Balaban J connectivity index is 2.37. The molecule has 1 heterocycles. The topological polar surface area (TPSA) is 58.4 Å². The minimum atomic E-state index is -0.128. The van der Waals surface area contributed by atoms with Gasteiger partial charge in [-0.1, -0.05) is 5.92 Å². The molecule has 2 atom stereocenters. The first-order chi connectivity index (χ1) is 6.65. The van der Waals surface area contributed by atoms with E-state index in [1.54, 1.807) is 0 Å². The molecule has 1 aliphatic heterocycles. The van der Waals surface area contributed by atoms with Gasteiger partial charge in [-0.25, -0.2) is 0 Å². The second-order valence-corrected chi connectivity index (χ2v) is 3.64. The summed E-state index contributed by atoms with van der Waals surface area (Å²) in [6, 6.07) is 0.0785. The Morgan fingerprint density at radius 1 is 1.86 bits per heavy atom. The van der Waals surface area contributed by atoms with E-state index < -0.39 is 0 Å². The number of rotatable bonds is 3. The summed E-state index contributed by atoms with van der Waals surface area (Å²) < 4.78 is 0. The van der Waals surface area contributed by atoms with E-state index in [1.807, 2.05) is 6.92 Å². The molecule has 3 N–H and O–H groups in total. The Morgan fingerprint density at radius 3 is 3.07 bits per heavy atom. The molecular formula is C10H17N3O. The summed E-state index contributed by atoms with van der Waals surface area (Å²) in [6.07, 6.45) is 6.02. The molecule has 1 aliphatic rings. The third-order valence-electron chi connectivity index (χ3n) is 2.55. The van der Waals surface area contributed by atoms with Crippen molar-refractivity contribution in [3.8, 4) is 12.3 Å². The van der Waals surface area contributed by atoms with Gasteiger partial charge in [-0.3, -0.25) is 9.69 Å². The van der Waals surface area contributed by atoms with Crippen LogP contribution in [0.25, 0.3) is 0 Å². The number of hydrogen-bond donors (Lipinski definition) is 2. The van der Waals surface area contributed by atoms with Crippen molar-refractivity contribution in [1.82, 2.24) is 10.2 Å². The van der Waals surface area contributed by atoms with Crippen LogP contribution < -0.4 is 11.1 Å². The Morgan fingerprint density at radius 2 is 2.57 bits per heavy atom. The molecule has 4 heteroatoms. The fraction of sp³-hybridized carbons (Fsp3) is 0.700. The Labute approximate surface area is 84.8 Å². The van der Waals surface area contributed by atoms with Gasteiger partial charge in [-0.05, 0) is 13.3 Å². The Bertz CT molecular complexity index is 246. The maximum absolute atomic E-state index is 11.5. The van der Waals surface area contributed by atoms with Crippen LogP contribution in [0.5, 0.6) is 0 Å². The number of nitrogens with zero attached hydrogens (tertiary/aromatic N) is 1. The highest BCUT2D eigenvalue weighted by atomic mass is 16.2. The van der Waals surface area contributed by atoms with Crippen molar-refractivity contribution in [2.75, 3.05) is 19.6 Å². The normalized spacial score (nSPS) is 24.2. The van der Waals surface area contributed by atoms with Crippen molar-refractivity contribution < 1.29 is 4.79 Å². The summed E-state index contributed by atoms with van der Waals surface area (Å²) in [6.45, 7) is 3.86. The van der Waals surface area contributed by atoms with Gasteiger partial charge in [0, 0.05) is 19.1 Å². The molecule has 1 saturated heterocycles. The van der Waals surface area contributed by atoms with Gasteiger partial charge in [0.25, 0.3) is 0 Å². The van der Waals surface area contributed by atoms with E-state index >= 15 is 0 Å². The van der Waals surface area contributed by atoms with Crippen LogP contribution in [0.4, 0.5) is 0 Å². The van der Waals surface area contributed by atoms with Crippen LogP contribution >= 0.6 is 0 Å². The van der Waals surface area contributed by atoms with Crippen molar-refractivity contribution in [2.24, 2.45) is 5.73 Å². The molecule has 0 aliphatic carbocycles. The number of hydrogen-bond acceptors (Lipinski definition) is 3. The van der Waals surface area contributed by atoms with Gasteiger partial charge in [-0.2, -0.15) is 0 Å². The monoisotopic (exact) mass is 195 g/mol. The highest BCUT2D eigenvalue weighted by Crippen LogP contribution is 2.10. The number of carbonyl (C=O) groups excluding carboxylic acids is 1. The zero-order valence-electron chi connectivity index (χ0n) is 8.49. The predicted octanol–water partition coefficient (Wildman–Crippen LogP) is -0.843. The highest BCUT2D eigenvalue weighted by molar-refractivity contribution is 5.81. The van der Waals surface area contributed by atoms with E-state index in [0.29, 0.717) is 6.54 Å². The molecule has 14 heavy (non-hydrogen) atoms. The number of terminal acetylenes is 1. The standard InChI is InChI=1S/C10H17N3O/c1-3-5-12-10(14)8(2)13-6-4-9(11)7-13/h1,8-9H,4-7,11H2,2H3,(H,12,14)/t8?,9-/m0/s1. The van der Waals surface area contributed by atoms with E-state index in [-0.39, 0.29) is 18.0 Å². The smallest absolute Gasteiger partial charge is 0.237 e. The molecule has 1 amide bonds. The van der Waals surface area contributed by atoms with Gasteiger partial charge in [0.05, 0.1) is 12.6 Å². The van der Waals surface area contributed by atoms with Crippen LogP contribution in [0.15, 0.2) is 0 Å². The lowest BCUT2D eigenvalue weighted by Gasteiger charge is -2.22. The van der Waals surface area contributed by atoms with Gasteiger partial charge < -0.3 is 11.1 Å². The summed E-state index contributed by atoms with van der Waals surface area (Å²) in [4.78, 5) is 13.6. The molecule has 0 aromatic carbocycles. The Hall–Kier alpha value is -1.05. The van der Waals surface area contributed by atoms with Crippen molar-refractivity contribution in [2.45, 2.75) is 25.4 Å². The lowest BCUT2D eigenvalue weighted by molar-refractivity contribution is -0.125. The van der Waals surface area contributed by atoms with Crippen LogP contribution in [0.2, 0.25) is 0 Å². The molecule has 4 nitrogen and oxygen atoms in total. The molecule has 1 unspecified atom stereocenters. The van der Waals surface area contributed by atoms with Crippen molar-refractivity contribution in [3.05, 3.63) is 0 Å². The van der Waals surface area contributed by atoms with Gasteiger partial charge in [0.15, 0.2) is 0 Å². The lowest BCUT2D eigenvalue weighted by Crippen LogP contribution is -2.44. The third-order valence-corrected chi connectivity index (χ3v) is 2.55. The van der Waals surface area contributed by atoms with Gasteiger partial charge in [0.2, 0.25) is 5.91 Å². The maximum atomic E-state index is 11.5. The minimum Gasteiger partial charge on any atom is -0.344 e. The van der Waals surface area contributed by atoms with Crippen molar-refractivity contribution in [1.29, 1.82) is 0 Å². The molecule has 1 rings (SSSR count). The van der Waals surface area contributed by atoms with Crippen LogP contribution in [0.1, 0.15) is 13.3 Å². The fourth-order valence-corrected chi connectivity index (χ4v) is 1.62. The molecule has 1 fully saturated rings. The third kappa shape index (κ3) is 2.72. The first kappa shape index (κ1) is 11.0. The summed E-state index contributed by atoms with van der Waals surface area (Å²) in [5.74, 6) is 2.36. The fourth-order valence-electron chi connectivity index (χ4n) is 1.62. The van der Waals surface area contributed by atoms with Crippen molar-refractivity contribution >= 4 is 5.91 Å². The average molecular weight is 195 g/mol. The van der Waals surface area contributed by atoms with Gasteiger partial charge in [0.1, 0.15) is 0 Å². The quantitative estimate of drug-likeness (QED) is 0.577. The summed E-state index contributed by atoms with van der Waals surface area (Å²) in [5, 5.41) is 2.67. The summed E-state index contributed by atoms with van der Waals surface area (Å²) in [7, 11) is 0. The van der Waals surface area contributed by atoms with Crippen LogP contribution in [-0.2, 0) is 4.79 Å². The molecule has 0 bridgehead atoms. The molecule has 78 valence electrons. The minimum absolute atomic E-state index is 0.0166. The Kier molecular flexibility index (Phi) is 3.93. The molecule has 0 saturated carbocycles. The second-order valence-electron chi connectivity index (χ2n) is 3.64. The summed E-state index contributed by atoms with van der Waals surface area (Å²) >= 11 is 0. The number of nitrogens with one attached hydrogen (secondary N) is 1. The molecule has 0 aromatic heterocycles. The first-order valence-electron chi connectivity index (χ1n) is 4.86. The zero-order valence-corrected chi connectivity index (χ0v) is 8.49. The summed E-state index contributed by atoms with van der Waals surface area (Å²) in [5.41, 5.74) is 5.76. The van der Waals surface area contributed by atoms with E-state index in [0.717, 1.165) is 19.5 Å². The first-order valence-corrected chi connectivity index (χ1v) is 4.86. The number of carbonyl (C=O) groups is 1. The molecule has 0 aromatic rings. The number of amides is 1. The number of nitrogens with two attached hydrogens (primary N) is 1. The zero-order chi connectivity index (χ0) is 10.6. The van der Waals surface area contributed by atoms with E-state index in [4.69, 9.17) is 12.2 Å². The van der Waals surface area contributed by atoms with Gasteiger partial charge in [-0.15, -0.1) is 6.42 Å². The second kappa shape index (κ2) is 4.99. The van der Waals surface area contributed by atoms with E-state index in [1.165, 1.54) is 0 Å². The van der Waals surface area contributed by atoms with E-state index in [9.17, 15) is 4.79 Å². The largest absolute Gasteiger partial charge is 0.344 e. The van der Waals surface area contributed by atoms with Crippen molar-refractivity contribution in [3.63, 3.8) is 0 Å². The maximum Gasteiger partial charge on any atom is 0.237 e. The SMILES string of the molecule is C#CCNC(=O)C(C)N1CC[C@H](N)C1. The molecular weight excluding hydrogens is 178 g/mol. The molecule has 0 radical (unpaired) electrons. The lowest BCUT2D eigenvalue weighted by atomic mass is 10.2.